The lowest BCUT2D eigenvalue weighted by atomic mass is 10.3. The normalized spacial score (nSPS) is 20.3. The van der Waals surface area contributed by atoms with Crippen LogP contribution in [0.2, 0.25) is 0 Å². The Balaban J connectivity index is 2.15. The molecule has 0 bridgehead atoms. The molecule has 0 aliphatic carbocycles. The number of carbonyl (C=O) groups excluding carboxylic acids is 1. The van der Waals surface area contributed by atoms with Crippen molar-refractivity contribution in [3.05, 3.63) is 28.7 Å². The van der Waals surface area contributed by atoms with E-state index >= 15 is 0 Å². The van der Waals surface area contributed by atoms with E-state index < -0.39 is 0 Å². The third-order valence-corrected chi connectivity index (χ3v) is 3.20. The van der Waals surface area contributed by atoms with Gasteiger partial charge in [0.25, 0.3) is 0 Å². The fourth-order valence-electron chi connectivity index (χ4n) is 1.96. The van der Waals surface area contributed by atoms with Crippen LogP contribution < -0.4 is 10.2 Å². The first-order chi connectivity index (χ1) is 7.31. The Morgan fingerprint density at radius 3 is 2.80 bits per heavy atom. The summed E-state index contributed by atoms with van der Waals surface area (Å²) in [4.78, 5) is 12.7. The van der Waals surface area contributed by atoms with Gasteiger partial charge in [-0.25, -0.2) is 0 Å². The number of benzene rings is 1. The van der Waals surface area contributed by atoms with Gasteiger partial charge in [-0.1, -0.05) is 15.9 Å². The van der Waals surface area contributed by atoms with E-state index in [0.717, 1.165) is 36.0 Å². The molecule has 1 aromatic carbocycles. The summed E-state index contributed by atoms with van der Waals surface area (Å²) < 4.78 is 1.07. The number of anilines is 1. The van der Waals surface area contributed by atoms with Crippen molar-refractivity contribution in [3.63, 3.8) is 0 Å². The quantitative estimate of drug-likeness (QED) is 0.852. The van der Waals surface area contributed by atoms with Crippen LogP contribution in [0.15, 0.2) is 28.7 Å². The molecule has 3 nitrogen and oxygen atoms in total. The van der Waals surface area contributed by atoms with E-state index in [0.29, 0.717) is 0 Å². The number of hydrogen-bond donors (Lipinski definition) is 1. The van der Waals surface area contributed by atoms with Crippen LogP contribution >= 0.6 is 15.9 Å². The van der Waals surface area contributed by atoms with Crippen molar-refractivity contribution < 1.29 is 4.79 Å². The van der Waals surface area contributed by atoms with Gasteiger partial charge < -0.3 is 10.2 Å². The van der Waals surface area contributed by atoms with Gasteiger partial charge in [-0.05, 0) is 37.1 Å². The number of hydrogen-bond acceptors (Lipinski definition) is 2. The fraction of sp³-hybridized carbons (Fsp3) is 0.364. The van der Waals surface area contributed by atoms with Crippen LogP contribution in [0.1, 0.15) is 12.8 Å². The van der Waals surface area contributed by atoms with Crippen molar-refractivity contribution in [1.29, 1.82) is 0 Å². The first kappa shape index (κ1) is 10.5. The predicted molar refractivity (Wildman–Crippen MR) is 63.7 cm³/mol. The summed E-state index contributed by atoms with van der Waals surface area (Å²) in [6.07, 6.45) is 3.08. The van der Waals surface area contributed by atoms with Crippen molar-refractivity contribution in [2.45, 2.75) is 19.0 Å². The third-order valence-electron chi connectivity index (χ3n) is 2.67. The lowest BCUT2D eigenvalue weighted by Crippen LogP contribution is -2.40. The molecule has 4 heteroatoms. The molecule has 1 aromatic rings. The minimum atomic E-state index is 0.156. The van der Waals surface area contributed by atoms with Gasteiger partial charge in [-0.2, -0.15) is 0 Å². The monoisotopic (exact) mass is 268 g/mol. The highest BCUT2D eigenvalue weighted by Gasteiger charge is 2.23. The Morgan fingerprint density at radius 1 is 1.40 bits per heavy atom. The minimum Gasteiger partial charge on any atom is -0.351 e. The summed E-state index contributed by atoms with van der Waals surface area (Å²) in [6, 6.07) is 8.17. The average molecular weight is 269 g/mol. The van der Waals surface area contributed by atoms with E-state index in [1.54, 1.807) is 0 Å². The van der Waals surface area contributed by atoms with Gasteiger partial charge >= 0.3 is 0 Å². The zero-order chi connectivity index (χ0) is 10.7. The van der Waals surface area contributed by atoms with Crippen LogP contribution in [0.5, 0.6) is 0 Å². The van der Waals surface area contributed by atoms with Crippen molar-refractivity contribution in [3.8, 4) is 0 Å². The molecule has 1 atom stereocenters. The second-order valence-electron chi connectivity index (χ2n) is 3.61. The molecule has 1 heterocycles. The molecule has 80 valence electrons. The first-order valence-electron chi connectivity index (χ1n) is 5.03. The van der Waals surface area contributed by atoms with Crippen molar-refractivity contribution in [2.75, 3.05) is 11.4 Å². The summed E-state index contributed by atoms with van der Waals surface area (Å²) in [5.74, 6) is 0. The number of nitrogens with one attached hydrogen (secondary N) is 1. The molecular weight excluding hydrogens is 256 g/mol. The lowest BCUT2D eigenvalue weighted by Gasteiger charge is -2.26. The highest BCUT2D eigenvalue weighted by atomic mass is 79.9. The molecule has 1 aliphatic rings. The van der Waals surface area contributed by atoms with Crippen molar-refractivity contribution in [1.82, 2.24) is 5.32 Å². The topological polar surface area (TPSA) is 32.3 Å². The molecule has 2 rings (SSSR count). The van der Waals surface area contributed by atoms with Gasteiger partial charge in [0, 0.05) is 16.7 Å². The van der Waals surface area contributed by atoms with Gasteiger partial charge in [-0.15, -0.1) is 0 Å². The largest absolute Gasteiger partial charge is 0.351 e. The van der Waals surface area contributed by atoms with Gasteiger partial charge in [0.05, 0.1) is 0 Å². The fourth-order valence-corrected chi connectivity index (χ4v) is 2.22. The highest BCUT2D eigenvalue weighted by molar-refractivity contribution is 9.10. The van der Waals surface area contributed by atoms with Crippen molar-refractivity contribution in [2.24, 2.45) is 0 Å². The molecule has 0 radical (unpaired) electrons. The number of rotatable bonds is 3. The molecule has 1 N–H and O–H groups in total. The molecule has 1 fully saturated rings. The summed E-state index contributed by atoms with van der Waals surface area (Å²) in [6.45, 7) is 1.01. The molecule has 1 aliphatic heterocycles. The van der Waals surface area contributed by atoms with Gasteiger partial charge in [0.15, 0.2) is 0 Å². The summed E-state index contributed by atoms with van der Waals surface area (Å²) in [5, 5.41) is 2.84. The van der Waals surface area contributed by atoms with E-state index in [4.69, 9.17) is 0 Å². The third kappa shape index (κ3) is 2.31. The van der Waals surface area contributed by atoms with Crippen LogP contribution in [0.4, 0.5) is 5.69 Å². The van der Waals surface area contributed by atoms with Gasteiger partial charge in [0.1, 0.15) is 6.17 Å². The smallest absolute Gasteiger partial charge is 0.208 e. The zero-order valence-electron chi connectivity index (χ0n) is 8.32. The first-order valence-corrected chi connectivity index (χ1v) is 5.82. The van der Waals surface area contributed by atoms with Crippen LogP contribution in [-0.4, -0.2) is 19.1 Å². The average Bonchev–Trinajstić information content (AvgIpc) is 2.68. The zero-order valence-corrected chi connectivity index (χ0v) is 9.90. The highest BCUT2D eigenvalue weighted by Crippen LogP contribution is 2.25. The molecule has 1 amide bonds. The SMILES string of the molecule is O=CN[C@@H]1CCCN1c1ccc(Br)cc1. The van der Waals surface area contributed by atoms with Crippen LogP contribution in [0.3, 0.4) is 0 Å². The van der Waals surface area contributed by atoms with Crippen LogP contribution in [-0.2, 0) is 4.79 Å². The van der Waals surface area contributed by atoms with Gasteiger partial charge in [-0.3, -0.25) is 4.79 Å². The Bertz CT molecular complexity index is 339. The van der Waals surface area contributed by atoms with E-state index in [2.05, 4.69) is 38.3 Å². The second-order valence-corrected chi connectivity index (χ2v) is 4.53. The maximum atomic E-state index is 10.4. The molecular formula is C11H13BrN2O. The molecule has 0 spiro atoms. The maximum absolute atomic E-state index is 10.4. The van der Waals surface area contributed by atoms with Crippen LogP contribution in [0, 0.1) is 0 Å². The number of nitrogens with zero attached hydrogens (tertiary/aromatic N) is 1. The predicted octanol–water partition coefficient (Wildman–Crippen LogP) is 2.12. The van der Waals surface area contributed by atoms with Crippen LogP contribution in [0.25, 0.3) is 0 Å². The van der Waals surface area contributed by atoms with E-state index in [9.17, 15) is 4.79 Å². The Morgan fingerprint density at radius 2 is 2.13 bits per heavy atom. The van der Waals surface area contributed by atoms with E-state index in [-0.39, 0.29) is 6.17 Å². The Labute approximate surface area is 97.6 Å². The summed E-state index contributed by atoms with van der Waals surface area (Å²) in [5.41, 5.74) is 1.16. The standard InChI is InChI=1S/C11H13BrN2O/c12-9-3-5-10(6-4-9)14-7-1-2-11(14)13-8-15/h3-6,8,11H,1-2,7H2,(H,13,15)/t11-/m0/s1. The Kier molecular flexibility index (Phi) is 3.26. The molecule has 1 saturated heterocycles. The van der Waals surface area contributed by atoms with E-state index in [1.807, 2.05) is 12.1 Å². The molecule has 0 aromatic heterocycles. The van der Waals surface area contributed by atoms with Gasteiger partial charge in [0.2, 0.25) is 6.41 Å². The maximum Gasteiger partial charge on any atom is 0.208 e. The minimum absolute atomic E-state index is 0.156. The number of halogens is 1. The lowest BCUT2D eigenvalue weighted by molar-refractivity contribution is -0.110. The summed E-state index contributed by atoms with van der Waals surface area (Å²) >= 11 is 3.41. The summed E-state index contributed by atoms with van der Waals surface area (Å²) in [7, 11) is 0. The second kappa shape index (κ2) is 4.66. The van der Waals surface area contributed by atoms with Crippen molar-refractivity contribution >= 4 is 28.0 Å². The molecule has 15 heavy (non-hydrogen) atoms. The Hall–Kier alpha value is -1.03. The number of amides is 1. The molecule has 0 unspecified atom stereocenters. The van der Waals surface area contributed by atoms with E-state index in [1.165, 1.54) is 0 Å². The number of carbonyl (C=O) groups is 1. The molecule has 0 saturated carbocycles.